The molecule has 0 radical (unpaired) electrons. The van der Waals surface area contributed by atoms with Gasteiger partial charge in [0, 0.05) is 36.9 Å². The van der Waals surface area contributed by atoms with Crippen molar-refractivity contribution in [1.82, 2.24) is 9.88 Å². The number of piperazine rings is 1. The molecule has 7 heteroatoms. The Bertz CT molecular complexity index is 899. The molecule has 1 aliphatic heterocycles. The largest absolute Gasteiger partial charge is 0.367 e. The second kappa shape index (κ2) is 7.53. The van der Waals surface area contributed by atoms with Gasteiger partial charge >= 0.3 is 0 Å². The molecule has 0 atom stereocenters. The summed E-state index contributed by atoms with van der Waals surface area (Å²) < 4.78 is 0. The second-order valence-corrected chi connectivity index (χ2v) is 7.10. The molecule has 5 nitrogen and oxygen atoms in total. The molecule has 1 saturated heterocycles. The van der Waals surface area contributed by atoms with Crippen molar-refractivity contribution in [1.29, 1.82) is 5.26 Å². The van der Waals surface area contributed by atoms with Gasteiger partial charge in [-0.25, -0.2) is 0 Å². The third kappa shape index (κ3) is 3.62. The molecule has 1 aromatic carbocycles. The number of carbonyl (C=O) groups excluding carboxylic acids is 1. The minimum Gasteiger partial charge on any atom is -0.367 e. The maximum absolute atomic E-state index is 12.7. The van der Waals surface area contributed by atoms with E-state index in [1.54, 1.807) is 23.1 Å². The molecular weight excluding hydrogens is 371 g/mol. The minimum absolute atomic E-state index is 0.103. The Labute approximate surface area is 162 Å². The lowest BCUT2D eigenvalue weighted by Crippen LogP contribution is -2.49. The van der Waals surface area contributed by atoms with Gasteiger partial charge in [0.05, 0.1) is 27.5 Å². The van der Waals surface area contributed by atoms with Crippen molar-refractivity contribution in [3.8, 4) is 6.07 Å². The highest BCUT2D eigenvalue weighted by atomic mass is 35.5. The molecule has 1 amide bonds. The third-order valence-corrected chi connectivity index (χ3v) is 5.04. The first kappa shape index (κ1) is 18.5. The molecule has 1 aliphatic rings. The van der Waals surface area contributed by atoms with Gasteiger partial charge in [0.15, 0.2) is 0 Å². The highest BCUT2D eigenvalue weighted by molar-refractivity contribution is 6.36. The summed E-state index contributed by atoms with van der Waals surface area (Å²) in [5.41, 5.74) is 3.54. The van der Waals surface area contributed by atoms with Crippen molar-refractivity contribution < 1.29 is 4.79 Å². The Morgan fingerprint density at radius 2 is 1.85 bits per heavy atom. The fourth-order valence-electron chi connectivity index (χ4n) is 3.18. The van der Waals surface area contributed by atoms with E-state index in [4.69, 9.17) is 23.2 Å². The van der Waals surface area contributed by atoms with Crippen LogP contribution in [0.1, 0.15) is 27.3 Å². The number of aryl methyl sites for hydroxylation is 2. The summed E-state index contributed by atoms with van der Waals surface area (Å²) in [4.78, 5) is 21.0. The van der Waals surface area contributed by atoms with E-state index in [9.17, 15) is 10.1 Å². The quantitative estimate of drug-likeness (QED) is 0.783. The Kier molecular flexibility index (Phi) is 5.36. The standard InChI is InChI=1S/C19H18Cl2N4O/c1-12-9-18(16(11-22)13(2)23-12)24-5-7-25(8-6-24)19(26)15-4-3-14(20)10-17(15)21/h3-4,9-10H,5-8H2,1-2H3. The molecule has 2 aromatic rings. The van der Waals surface area contributed by atoms with Gasteiger partial charge in [-0.15, -0.1) is 0 Å². The lowest BCUT2D eigenvalue weighted by Gasteiger charge is -2.36. The highest BCUT2D eigenvalue weighted by Crippen LogP contribution is 2.26. The summed E-state index contributed by atoms with van der Waals surface area (Å²) in [6.07, 6.45) is 0. The molecule has 1 fully saturated rings. The van der Waals surface area contributed by atoms with Crippen LogP contribution in [0.25, 0.3) is 0 Å². The number of aromatic nitrogens is 1. The smallest absolute Gasteiger partial charge is 0.255 e. The van der Waals surface area contributed by atoms with E-state index in [-0.39, 0.29) is 5.91 Å². The Morgan fingerprint density at radius 3 is 2.46 bits per heavy atom. The van der Waals surface area contributed by atoms with Crippen LogP contribution < -0.4 is 4.90 Å². The summed E-state index contributed by atoms with van der Waals surface area (Å²) in [7, 11) is 0. The summed E-state index contributed by atoms with van der Waals surface area (Å²) >= 11 is 12.1. The summed E-state index contributed by atoms with van der Waals surface area (Å²) in [5, 5.41) is 10.3. The number of anilines is 1. The Hall–Kier alpha value is -2.29. The number of halogens is 2. The van der Waals surface area contributed by atoms with Crippen LogP contribution in [0, 0.1) is 25.2 Å². The number of nitriles is 1. The summed E-state index contributed by atoms with van der Waals surface area (Å²) in [5.74, 6) is -0.103. The van der Waals surface area contributed by atoms with Crippen molar-refractivity contribution in [2.45, 2.75) is 13.8 Å². The number of benzene rings is 1. The fraction of sp³-hybridized carbons (Fsp3) is 0.316. The van der Waals surface area contributed by atoms with Gasteiger partial charge in [-0.1, -0.05) is 23.2 Å². The van der Waals surface area contributed by atoms with E-state index >= 15 is 0 Å². The van der Waals surface area contributed by atoms with Crippen LogP contribution in [-0.4, -0.2) is 42.0 Å². The van der Waals surface area contributed by atoms with Gasteiger partial charge in [0.1, 0.15) is 6.07 Å². The molecule has 26 heavy (non-hydrogen) atoms. The normalized spacial score (nSPS) is 14.3. The van der Waals surface area contributed by atoms with E-state index in [1.165, 1.54) is 0 Å². The molecule has 3 rings (SSSR count). The van der Waals surface area contributed by atoms with E-state index in [0.717, 1.165) is 17.1 Å². The van der Waals surface area contributed by atoms with Gasteiger partial charge in [-0.3, -0.25) is 9.78 Å². The first-order valence-corrected chi connectivity index (χ1v) is 9.04. The molecule has 0 spiro atoms. The van der Waals surface area contributed by atoms with Crippen molar-refractivity contribution in [2.75, 3.05) is 31.1 Å². The molecule has 0 unspecified atom stereocenters. The third-order valence-electron chi connectivity index (χ3n) is 4.49. The van der Waals surface area contributed by atoms with Crippen LogP contribution in [-0.2, 0) is 0 Å². The molecule has 0 saturated carbocycles. The number of carbonyl (C=O) groups is 1. The number of rotatable bonds is 2. The molecule has 0 N–H and O–H groups in total. The fourth-order valence-corrected chi connectivity index (χ4v) is 3.67. The number of pyridine rings is 1. The van der Waals surface area contributed by atoms with Crippen molar-refractivity contribution in [3.05, 3.63) is 56.8 Å². The Morgan fingerprint density at radius 1 is 1.15 bits per heavy atom. The maximum atomic E-state index is 12.7. The lowest BCUT2D eigenvalue weighted by atomic mass is 10.1. The highest BCUT2D eigenvalue weighted by Gasteiger charge is 2.25. The van der Waals surface area contributed by atoms with E-state index < -0.39 is 0 Å². The molecular formula is C19H18Cl2N4O. The SMILES string of the molecule is Cc1cc(N2CCN(C(=O)c3ccc(Cl)cc3Cl)CC2)c(C#N)c(C)n1. The number of amides is 1. The van der Waals surface area contributed by atoms with Crippen LogP contribution in [0.5, 0.6) is 0 Å². The second-order valence-electron chi connectivity index (χ2n) is 6.26. The van der Waals surface area contributed by atoms with Gasteiger partial charge in [0.25, 0.3) is 5.91 Å². The van der Waals surface area contributed by atoms with Gasteiger partial charge in [-0.2, -0.15) is 5.26 Å². The monoisotopic (exact) mass is 388 g/mol. The van der Waals surface area contributed by atoms with Crippen molar-refractivity contribution in [2.24, 2.45) is 0 Å². The molecule has 134 valence electrons. The predicted molar refractivity (Wildman–Crippen MR) is 103 cm³/mol. The van der Waals surface area contributed by atoms with Crippen LogP contribution >= 0.6 is 23.2 Å². The van der Waals surface area contributed by atoms with E-state index in [1.807, 2.05) is 19.9 Å². The lowest BCUT2D eigenvalue weighted by molar-refractivity contribution is 0.0747. The van der Waals surface area contributed by atoms with Crippen molar-refractivity contribution in [3.63, 3.8) is 0 Å². The number of hydrogen-bond acceptors (Lipinski definition) is 4. The average Bonchev–Trinajstić information content (AvgIpc) is 2.61. The zero-order valence-corrected chi connectivity index (χ0v) is 16.1. The van der Waals surface area contributed by atoms with Crippen LogP contribution in [0.2, 0.25) is 10.0 Å². The van der Waals surface area contributed by atoms with Crippen LogP contribution in [0.4, 0.5) is 5.69 Å². The van der Waals surface area contributed by atoms with Crippen LogP contribution in [0.15, 0.2) is 24.3 Å². The molecule has 1 aromatic heterocycles. The zero-order valence-electron chi connectivity index (χ0n) is 14.6. The number of hydrogen-bond donors (Lipinski definition) is 0. The van der Waals surface area contributed by atoms with E-state index in [2.05, 4.69) is 16.0 Å². The first-order valence-electron chi connectivity index (χ1n) is 8.28. The first-order chi connectivity index (χ1) is 12.4. The minimum atomic E-state index is -0.103. The van der Waals surface area contributed by atoms with Crippen LogP contribution in [0.3, 0.4) is 0 Å². The van der Waals surface area contributed by atoms with Gasteiger partial charge in [-0.05, 0) is 38.1 Å². The van der Waals surface area contributed by atoms with Crippen molar-refractivity contribution >= 4 is 34.8 Å². The summed E-state index contributed by atoms with van der Waals surface area (Å²) in [6, 6.07) is 9.07. The van der Waals surface area contributed by atoms with Gasteiger partial charge < -0.3 is 9.80 Å². The molecule has 0 bridgehead atoms. The topological polar surface area (TPSA) is 60.2 Å². The zero-order chi connectivity index (χ0) is 18.8. The molecule has 2 heterocycles. The maximum Gasteiger partial charge on any atom is 0.255 e. The molecule has 0 aliphatic carbocycles. The summed E-state index contributed by atoms with van der Waals surface area (Å²) in [6.45, 7) is 6.17. The predicted octanol–water partition coefficient (Wildman–Crippen LogP) is 3.84. The van der Waals surface area contributed by atoms with E-state index in [0.29, 0.717) is 47.4 Å². The van der Waals surface area contributed by atoms with Gasteiger partial charge in [0.2, 0.25) is 0 Å². The number of nitrogens with zero attached hydrogens (tertiary/aromatic N) is 4. The average molecular weight is 389 g/mol. The Balaban J connectivity index is 1.76.